The van der Waals surface area contributed by atoms with Crippen LogP contribution in [0.3, 0.4) is 0 Å². The molecule has 2 unspecified atom stereocenters. The van der Waals surface area contributed by atoms with E-state index in [0.717, 1.165) is 4.88 Å². The molecule has 5 nitrogen and oxygen atoms in total. The third-order valence-electron chi connectivity index (χ3n) is 3.02. The van der Waals surface area contributed by atoms with Crippen molar-refractivity contribution < 1.29 is 14.7 Å². The molecular formula is C13H20N2O3S. The van der Waals surface area contributed by atoms with Crippen molar-refractivity contribution in [2.45, 2.75) is 38.8 Å². The van der Waals surface area contributed by atoms with Gasteiger partial charge in [0.2, 0.25) is 0 Å². The van der Waals surface area contributed by atoms with Crippen LogP contribution in [0.15, 0.2) is 17.5 Å². The summed E-state index contributed by atoms with van der Waals surface area (Å²) in [6.07, 6.45) is 0.494. The maximum absolute atomic E-state index is 12.0. The molecule has 2 N–H and O–H groups in total. The van der Waals surface area contributed by atoms with Crippen molar-refractivity contribution >= 4 is 23.3 Å². The van der Waals surface area contributed by atoms with Crippen LogP contribution < -0.4 is 5.32 Å². The van der Waals surface area contributed by atoms with Crippen LogP contribution in [-0.2, 0) is 4.79 Å². The molecule has 0 saturated heterocycles. The first kappa shape index (κ1) is 15.5. The van der Waals surface area contributed by atoms with Gasteiger partial charge >= 0.3 is 12.0 Å². The molecule has 0 fully saturated rings. The smallest absolute Gasteiger partial charge is 0.317 e. The number of carbonyl (C=O) groups excluding carboxylic acids is 1. The van der Waals surface area contributed by atoms with Crippen LogP contribution in [0.5, 0.6) is 0 Å². The van der Waals surface area contributed by atoms with Crippen LogP contribution in [0.1, 0.15) is 37.6 Å². The molecule has 1 aromatic rings. The van der Waals surface area contributed by atoms with E-state index in [9.17, 15) is 9.59 Å². The van der Waals surface area contributed by atoms with Gasteiger partial charge in [-0.05, 0) is 31.7 Å². The molecule has 2 amide bonds. The number of rotatable bonds is 6. The molecule has 1 aromatic heterocycles. The molecule has 0 spiro atoms. The Morgan fingerprint density at radius 2 is 2.16 bits per heavy atom. The van der Waals surface area contributed by atoms with E-state index in [0.29, 0.717) is 6.42 Å². The number of nitrogens with one attached hydrogen (secondary N) is 1. The molecule has 106 valence electrons. The molecule has 2 atom stereocenters. The molecule has 0 aliphatic heterocycles. The monoisotopic (exact) mass is 284 g/mol. The fourth-order valence-electron chi connectivity index (χ4n) is 1.62. The number of hydrogen-bond acceptors (Lipinski definition) is 3. The van der Waals surface area contributed by atoms with Gasteiger partial charge in [-0.2, -0.15) is 0 Å². The van der Waals surface area contributed by atoms with Gasteiger partial charge in [-0.1, -0.05) is 6.07 Å². The van der Waals surface area contributed by atoms with E-state index in [2.05, 4.69) is 5.32 Å². The Bertz CT molecular complexity index is 420. The standard InChI is InChI=1S/C13H20N2O3S/c1-9(6-7-12(16)17)14-13(18)15(3)10(2)11-5-4-8-19-11/h4-5,8-10H,6-7H2,1-3H3,(H,14,18)(H,16,17). The number of urea groups is 1. The zero-order valence-corrected chi connectivity index (χ0v) is 12.2. The van der Waals surface area contributed by atoms with E-state index in [4.69, 9.17) is 5.11 Å². The SMILES string of the molecule is CC(CCC(=O)O)NC(=O)N(C)C(C)c1cccs1. The van der Waals surface area contributed by atoms with Gasteiger partial charge in [-0.15, -0.1) is 11.3 Å². The highest BCUT2D eigenvalue weighted by Crippen LogP contribution is 2.23. The van der Waals surface area contributed by atoms with Crippen molar-refractivity contribution in [1.82, 2.24) is 10.2 Å². The normalized spacial score (nSPS) is 13.6. The number of amides is 2. The third-order valence-corrected chi connectivity index (χ3v) is 4.06. The second-order valence-corrected chi connectivity index (χ2v) is 5.56. The van der Waals surface area contributed by atoms with Crippen LogP contribution in [0.25, 0.3) is 0 Å². The summed E-state index contributed by atoms with van der Waals surface area (Å²) in [5.41, 5.74) is 0. The minimum atomic E-state index is -0.846. The van der Waals surface area contributed by atoms with Crippen molar-refractivity contribution in [3.63, 3.8) is 0 Å². The van der Waals surface area contributed by atoms with E-state index in [-0.39, 0.29) is 24.5 Å². The molecule has 0 aliphatic carbocycles. The maximum atomic E-state index is 12.0. The van der Waals surface area contributed by atoms with Crippen molar-refractivity contribution in [2.75, 3.05) is 7.05 Å². The van der Waals surface area contributed by atoms with E-state index in [1.165, 1.54) is 0 Å². The number of thiophene rings is 1. The first-order valence-corrected chi connectivity index (χ1v) is 7.08. The van der Waals surface area contributed by atoms with Crippen molar-refractivity contribution in [3.05, 3.63) is 22.4 Å². The number of carboxylic acids is 1. The van der Waals surface area contributed by atoms with Gasteiger partial charge in [0, 0.05) is 24.4 Å². The van der Waals surface area contributed by atoms with Gasteiger partial charge in [0.25, 0.3) is 0 Å². The molecule has 0 bridgehead atoms. The second kappa shape index (κ2) is 7.13. The lowest BCUT2D eigenvalue weighted by Gasteiger charge is -2.26. The van der Waals surface area contributed by atoms with Crippen LogP contribution >= 0.6 is 11.3 Å². The van der Waals surface area contributed by atoms with Gasteiger partial charge in [0.15, 0.2) is 0 Å². The highest BCUT2D eigenvalue weighted by molar-refractivity contribution is 7.10. The minimum absolute atomic E-state index is 0.00618. The lowest BCUT2D eigenvalue weighted by Crippen LogP contribution is -2.42. The van der Waals surface area contributed by atoms with Crippen molar-refractivity contribution in [3.8, 4) is 0 Å². The number of hydrogen-bond donors (Lipinski definition) is 2. The Morgan fingerprint density at radius 3 is 2.68 bits per heavy atom. The topological polar surface area (TPSA) is 69.6 Å². The Labute approximate surface area is 117 Å². The number of aliphatic carboxylic acids is 1. The second-order valence-electron chi connectivity index (χ2n) is 4.59. The quantitative estimate of drug-likeness (QED) is 0.844. The zero-order valence-electron chi connectivity index (χ0n) is 11.4. The largest absolute Gasteiger partial charge is 0.481 e. The summed E-state index contributed by atoms with van der Waals surface area (Å²) < 4.78 is 0. The molecule has 6 heteroatoms. The van der Waals surface area contributed by atoms with Gasteiger partial charge < -0.3 is 15.3 Å². The average Bonchev–Trinajstić information content (AvgIpc) is 2.88. The van der Waals surface area contributed by atoms with E-state index < -0.39 is 5.97 Å². The van der Waals surface area contributed by atoms with Crippen molar-refractivity contribution in [1.29, 1.82) is 0 Å². The van der Waals surface area contributed by atoms with Crippen LogP contribution in [0, 0.1) is 0 Å². The average molecular weight is 284 g/mol. The third kappa shape index (κ3) is 4.90. The maximum Gasteiger partial charge on any atom is 0.317 e. The Hall–Kier alpha value is -1.56. The lowest BCUT2D eigenvalue weighted by molar-refractivity contribution is -0.137. The lowest BCUT2D eigenvalue weighted by atomic mass is 10.2. The summed E-state index contributed by atoms with van der Waals surface area (Å²) in [7, 11) is 1.74. The number of carbonyl (C=O) groups is 2. The zero-order chi connectivity index (χ0) is 14.4. The molecule has 0 saturated carbocycles. The summed E-state index contributed by atoms with van der Waals surface area (Å²) in [6.45, 7) is 3.78. The van der Waals surface area contributed by atoms with Gasteiger partial charge in [-0.3, -0.25) is 4.79 Å². The van der Waals surface area contributed by atoms with Crippen LogP contribution in [0.2, 0.25) is 0 Å². The van der Waals surface area contributed by atoms with Gasteiger partial charge in [0.05, 0.1) is 6.04 Å². The minimum Gasteiger partial charge on any atom is -0.481 e. The van der Waals surface area contributed by atoms with Gasteiger partial charge in [-0.25, -0.2) is 4.79 Å². The first-order valence-electron chi connectivity index (χ1n) is 6.20. The summed E-state index contributed by atoms with van der Waals surface area (Å²) in [6, 6.07) is 3.62. The fourth-order valence-corrected chi connectivity index (χ4v) is 2.45. The summed E-state index contributed by atoms with van der Waals surface area (Å²) >= 11 is 1.61. The number of nitrogens with zero attached hydrogens (tertiary/aromatic N) is 1. The predicted molar refractivity (Wildman–Crippen MR) is 75.4 cm³/mol. The molecule has 1 rings (SSSR count). The Kier molecular flexibility index (Phi) is 5.82. The molecule has 0 aliphatic rings. The van der Waals surface area contributed by atoms with Gasteiger partial charge in [0.1, 0.15) is 0 Å². The van der Waals surface area contributed by atoms with E-state index in [1.807, 2.05) is 31.4 Å². The predicted octanol–water partition coefficient (Wildman–Crippen LogP) is 2.70. The van der Waals surface area contributed by atoms with E-state index >= 15 is 0 Å². The Balaban J connectivity index is 2.46. The molecule has 19 heavy (non-hydrogen) atoms. The van der Waals surface area contributed by atoms with Crippen LogP contribution in [-0.4, -0.2) is 35.1 Å². The number of carboxylic acid groups (broad SMARTS) is 1. The summed E-state index contributed by atoms with van der Waals surface area (Å²) in [5, 5.41) is 13.4. The molecule has 0 radical (unpaired) electrons. The van der Waals surface area contributed by atoms with E-state index in [1.54, 1.807) is 23.3 Å². The summed E-state index contributed by atoms with van der Waals surface area (Å²) in [4.78, 5) is 25.2. The molecule has 0 aromatic carbocycles. The van der Waals surface area contributed by atoms with Crippen molar-refractivity contribution in [2.24, 2.45) is 0 Å². The first-order chi connectivity index (χ1) is 8.91. The highest BCUT2D eigenvalue weighted by atomic mass is 32.1. The highest BCUT2D eigenvalue weighted by Gasteiger charge is 2.19. The fraction of sp³-hybridized carbons (Fsp3) is 0.538. The summed E-state index contributed by atoms with van der Waals surface area (Å²) in [5.74, 6) is -0.846. The molecular weight excluding hydrogens is 264 g/mol. The van der Waals surface area contributed by atoms with Crippen LogP contribution in [0.4, 0.5) is 4.79 Å². The molecule has 1 heterocycles. The Morgan fingerprint density at radius 1 is 1.47 bits per heavy atom.